The number of methoxy groups -OCH3 is 1. The van der Waals surface area contributed by atoms with E-state index >= 15 is 0 Å². The number of ether oxygens (including phenoxy) is 1. The van der Waals surface area contributed by atoms with Crippen LogP contribution in [0, 0.1) is 0 Å². The van der Waals surface area contributed by atoms with Crippen LogP contribution in [-0.4, -0.2) is 33.7 Å². The maximum Gasteiger partial charge on any atom is 0.374 e. The lowest BCUT2D eigenvalue weighted by atomic mass is 10.1. The molecule has 31 heavy (non-hydrogen) atoms. The summed E-state index contributed by atoms with van der Waals surface area (Å²) in [6.45, 7) is 0.0484. The van der Waals surface area contributed by atoms with Crippen molar-refractivity contribution in [3.8, 4) is 0 Å². The molecule has 0 radical (unpaired) electrons. The van der Waals surface area contributed by atoms with E-state index in [0.717, 1.165) is 6.26 Å². The second-order valence-electron chi connectivity index (χ2n) is 6.52. The standard InChI is InChI=1S/C21H19ClN2O6S/c1-29-21(26)18-11-12-19(30-18)23-20(25)14-7-9-16(10-8-14)24(31(2,27)28)13-15-5-3-4-6-17(15)22/h3-12H,13H2,1-2H3,(H,23,25). The lowest BCUT2D eigenvalue weighted by Crippen LogP contribution is -2.29. The van der Waals surface area contributed by atoms with Gasteiger partial charge in [-0.25, -0.2) is 13.2 Å². The number of anilines is 2. The van der Waals surface area contributed by atoms with Crippen molar-refractivity contribution in [1.29, 1.82) is 0 Å². The minimum absolute atomic E-state index is 0.0449. The maximum absolute atomic E-state index is 12.4. The van der Waals surface area contributed by atoms with Gasteiger partial charge in [0.25, 0.3) is 5.91 Å². The van der Waals surface area contributed by atoms with Crippen molar-refractivity contribution in [3.05, 3.63) is 82.6 Å². The van der Waals surface area contributed by atoms with E-state index in [1.54, 1.807) is 24.3 Å². The number of hydrogen-bond acceptors (Lipinski definition) is 6. The molecular weight excluding hydrogens is 444 g/mol. The molecule has 2 aromatic carbocycles. The van der Waals surface area contributed by atoms with Crippen LogP contribution in [0.2, 0.25) is 5.02 Å². The summed E-state index contributed by atoms with van der Waals surface area (Å²) in [6, 6.07) is 15.8. The molecule has 0 spiro atoms. The first-order valence-electron chi connectivity index (χ1n) is 8.99. The first kappa shape index (κ1) is 22.4. The molecule has 1 amide bonds. The summed E-state index contributed by atoms with van der Waals surface area (Å²) in [4.78, 5) is 23.9. The molecule has 0 unspecified atom stereocenters. The van der Waals surface area contributed by atoms with Crippen LogP contribution in [0.5, 0.6) is 0 Å². The van der Waals surface area contributed by atoms with Gasteiger partial charge in [-0.3, -0.25) is 14.4 Å². The maximum atomic E-state index is 12.4. The van der Waals surface area contributed by atoms with E-state index < -0.39 is 21.9 Å². The SMILES string of the molecule is COC(=O)c1ccc(NC(=O)c2ccc(N(Cc3ccccc3Cl)S(C)(=O)=O)cc2)o1. The molecule has 0 aliphatic carbocycles. The number of amides is 1. The number of nitrogens with one attached hydrogen (secondary N) is 1. The van der Waals surface area contributed by atoms with Crippen LogP contribution in [0.4, 0.5) is 11.6 Å². The van der Waals surface area contributed by atoms with E-state index in [9.17, 15) is 18.0 Å². The predicted molar refractivity (Wildman–Crippen MR) is 117 cm³/mol. The topological polar surface area (TPSA) is 106 Å². The molecule has 0 saturated heterocycles. The van der Waals surface area contributed by atoms with Crippen molar-refractivity contribution < 1.29 is 27.2 Å². The van der Waals surface area contributed by atoms with Gasteiger partial charge in [-0.15, -0.1) is 0 Å². The molecule has 162 valence electrons. The van der Waals surface area contributed by atoms with Crippen LogP contribution in [0.1, 0.15) is 26.5 Å². The summed E-state index contributed by atoms with van der Waals surface area (Å²) >= 11 is 6.17. The van der Waals surface area contributed by atoms with Crippen molar-refractivity contribution >= 4 is 45.1 Å². The van der Waals surface area contributed by atoms with Crippen molar-refractivity contribution in [2.75, 3.05) is 23.0 Å². The van der Waals surface area contributed by atoms with E-state index in [0.29, 0.717) is 16.3 Å². The van der Waals surface area contributed by atoms with Gasteiger partial charge in [-0.1, -0.05) is 29.8 Å². The molecule has 1 aromatic heterocycles. The van der Waals surface area contributed by atoms with Gasteiger partial charge in [-0.05, 0) is 42.0 Å². The van der Waals surface area contributed by atoms with Gasteiger partial charge >= 0.3 is 5.97 Å². The van der Waals surface area contributed by atoms with Gasteiger partial charge in [-0.2, -0.15) is 0 Å². The minimum atomic E-state index is -3.61. The molecule has 3 rings (SSSR count). The summed E-state index contributed by atoms with van der Waals surface area (Å²) in [5.74, 6) is -1.12. The number of esters is 1. The lowest BCUT2D eigenvalue weighted by molar-refractivity contribution is 0.0565. The highest BCUT2D eigenvalue weighted by atomic mass is 35.5. The Hall–Kier alpha value is -3.30. The molecule has 10 heteroatoms. The number of sulfonamides is 1. The van der Waals surface area contributed by atoms with E-state index in [1.807, 2.05) is 0 Å². The fourth-order valence-corrected chi connectivity index (χ4v) is 3.83. The molecule has 0 atom stereocenters. The quantitative estimate of drug-likeness (QED) is 0.533. The molecule has 1 N–H and O–H groups in total. The Bertz CT molecular complexity index is 1200. The Kier molecular flexibility index (Phi) is 6.67. The predicted octanol–water partition coefficient (Wildman–Crippen LogP) is 3.94. The Labute approximate surface area is 184 Å². The zero-order valence-corrected chi connectivity index (χ0v) is 18.2. The van der Waals surface area contributed by atoms with Crippen LogP contribution >= 0.6 is 11.6 Å². The molecular formula is C21H19ClN2O6S. The normalized spacial score (nSPS) is 11.1. The molecule has 0 bridgehead atoms. The fourth-order valence-electron chi connectivity index (χ4n) is 2.76. The molecule has 3 aromatic rings. The number of hydrogen-bond donors (Lipinski definition) is 1. The van der Waals surface area contributed by atoms with Crippen molar-refractivity contribution in [2.24, 2.45) is 0 Å². The van der Waals surface area contributed by atoms with Gasteiger partial charge in [0.2, 0.25) is 21.7 Å². The number of carbonyl (C=O) groups excluding carboxylic acids is 2. The third kappa shape index (κ3) is 5.44. The Morgan fingerprint density at radius 1 is 1.06 bits per heavy atom. The van der Waals surface area contributed by atoms with Crippen LogP contribution in [0.15, 0.2) is 65.1 Å². The molecule has 1 heterocycles. The summed E-state index contributed by atoms with van der Waals surface area (Å²) in [5, 5.41) is 2.98. The minimum Gasteiger partial charge on any atom is -0.463 e. The highest BCUT2D eigenvalue weighted by Gasteiger charge is 2.20. The molecule has 0 fully saturated rings. The van der Waals surface area contributed by atoms with Gasteiger partial charge in [0, 0.05) is 16.7 Å². The van der Waals surface area contributed by atoms with Gasteiger partial charge in [0.15, 0.2) is 0 Å². The average Bonchev–Trinajstić information content (AvgIpc) is 3.20. The Balaban J connectivity index is 1.78. The third-order valence-electron chi connectivity index (χ3n) is 4.32. The summed E-state index contributed by atoms with van der Waals surface area (Å²) in [6.07, 6.45) is 1.10. The zero-order chi connectivity index (χ0) is 22.6. The van der Waals surface area contributed by atoms with E-state index in [1.165, 1.54) is 47.8 Å². The first-order valence-corrected chi connectivity index (χ1v) is 11.2. The van der Waals surface area contributed by atoms with Gasteiger partial charge < -0.3 is 9.15 Å². The number of halogens is 1. The lowest BCUT2D eigenvalue weighted by Gasteiger charge is -2.23. The number of nitrogens with zero attached hydrogens (tertiary/aromatic N) is 1. The summed E-state index contributed by atoms with van der Waals surface area (Å²) in [5.41, 5.74) is 1.30. The van der Waals surface area contributed by atoms with Crippen LogP contribution < -0.4 is 9.62 Å². The second kappa shape index (κ2) is 9.23. The van der Waals surface area contributed by atoms with E-state index in [-0.39, 0.29) is 23.8 Å². The summed E-state index contributed by atoms with van der Waals surface area (Å²) in [7, 11) is -2.39. The largest absolute Gasteiger partial charge is 0.463 e. The smallest absolute Gasteiger partial charge is 0.374 e. The molecule has 0 saturated carbocycles. The van der Waals surface area contributed by atoms with Crippen LogP contribution in [0.25, 0.3) is 0 Å². The van der Waals surface area contributed by atoms with Gasteiger partial charge in [0.1, 0.15) is 0 Å². The zero-order valence-electron chi connectivity index (χ0n) is 16.7. The molecule has 0 aliphatic heterocycles. The Morgan fingerprint density at radius 3 is 2.35 bits per heavy atom. The van der Waals surface area contributed by atoms with Gasteiger partial charge in [0.05, 0.1) is 25.6 Å². The highest BCUT2D eigenvalue weighted by Crippen LogP contribution is 2.25. The first-order chi connectivity index (χ1) is 14.7. The second-order valence-corrected chi connectivity index (χ2v) is 8.83. The number of benzene rings is 2. The number of carbonyl (C=O) groups is 2. The monoisotopic (exact) mass is 462 g/mol. The van der Waals surface area contributed by atoms with Crippen molar-refractivity contribution in [2.45, 2.75) is 6.54 Å². The Morgan fingerprint density at radius 2 is 1.74 bits per heavy atom. The van der Waals surface area contributed by atoms with Crippen LogP contribution in [-0.2, 0) is 21.3 Å². The number of furan rings is 1. The summed E-state index contributed by atoms with van der Waals surface area (Å²) < 4.78 is 35.6. The van der Waals surface area contributed by atoms with Crippen molar-refractivity contribution in [3.63, 3.8) is 0 Å². The number of rotatable bonds is 7. The average molecular weight is 463 g/mol. The van der Waals surface area contributed by atoms with E-state index in [2.05, 4.69) is 10.1 Å². The highest BCUT2D eigenvalue weighted by molar-refractivity contribution is 7.92. The molecule has 8 nitrogen and oxygen atoms in total. The molecule has 0 aliphatic rings. The fraction of sp³-hybridized carbons (Fsp3) is 0.143. The van der Waals surface area contributed by atoms with Crippen LogP contribution in [0.3, 0.4) is 0 Å². The van der Waals surface area contributed by atoms with Crippen molar-refractivity contribution in [1.82, 2.24) is 0 Å². The van der Waals surface area contributed by atoms with E-state index in [4.69, 9.17) is 16.0 Å². The third-order valence-corrected chi connectivity index (χ3v) is 5.83.